The number of rotatable bonds is 4. The Morgan fingerprint density at radius 3 is 2.54 bits per heavy atom. The molecule has 0 spiro atoms. The third-order valence-electron chi connectivity index (χ3n) is 3.96. The maximum Gasteiger partial charge on any atom is 0.257 e. The molecule has 1 amide bonds. The van der Waals surface area contributed by atoms with E-state index >= 15 is 0 Å². The standard InChI is InChI=1S/C18H21N3O3/c1-23-15-5-3-14(4-6-15)20-18(22)16-12-13(19)2-7-17(16)21-8-10-24-11-9-21/h2-7,12H,8-11,19H2,1H3,(H,20,22). The molecule has 1 fully saturated rings. The lowest BCUT2D eigenvalue weighted by Gasteiger charge is -2.30. The minimum absolute atomic E-state index is 0.186. The normalized spacial score (nSPS) is 14.3. The summed E-state index contributed by atoms with van der Waals surface area (Å²) in [7, 11) is 1.61. The SMILES string of the molecule is COc1ccc(NC(=O)c2cc(N)ccc2N2CCOCC2)cc1. The average molecular weight is 327 g/mol. The Kier molecular flexibility index (Phi) is 4.86. The molecule has 0 unspecified atom stereocenters. The van der Waals surface area contributed by atoms with Crippen molar-refractivity contribution in [2.24, 2.45) is 0 Å². The van der Waals surface area contributed by atoms with Crippen molar-refractivity contribution in [2.75, 3.05) is 49.4 Å². The van der Waals surface area contributed by atoms with Gasteiger partial charge in [0.25, 0.3) is 5.91 Å². The van der Waals surface area contributed by atoms with Crippen LogP contribution in [0, 0.1) is 0 Å². The number of benzene rings is 2. The average Bonchev–Trinajstić information content (AvgIpc) is 2.63. The maximum absolute atomic E-state index is 12.7. The van der Waals surface area contributed by atoms with E-state index in [0.717, 1.165) is 24.5 Å². The van der Waals surface area contributed by atoms with Crippen molar-refractivity contribution < 1.29 is 14.3 Å². The quantitative estimate of drug-likeness (QED) is 0.843. The van der Waals surface area contributed by atoms with Crippen LogP contribution in [0.1, 0.15) is 10.4 Å². The summed E-state index contributed by atoms with van der Waals surface area (Å²) < 4.78 is 10.5. The first-order valence-corrected chi connectivity index (χ1v) is 7.85. The third kappa shape index (κ3) is 3.60. The van der Waals surface area contributed by atoms with Gasteiger partial charge in [0.2, 0.25) is 0 Å². The monoisotopic (exact) mass is 327 g/mol. The molecule has 0 aromatic heterocycles. The lowest BCUT2D eigenvalue weighted by atomic mass is 10.1. The van der Waals surface area contributed by atoms with Crippen LogP contribution in [0.25, 0.3) is 0 Å². The second-order valence-corrected chi connectivity index (χ2v) is 5.56. The summed E-state index contributed by atoms with van der Waals surface area (Å²) in [5, 5.41) is 2.91. The highest BCUT2D eigenvalue weighted by Gasteiger charge is 2.19. The van der Waals surface area contributed by atoms with Crippen molar-refractivity contribution in [3.63, 3.8) is 0 Å². The Hall–Kier alpha value is -2.73. The van der Waals surface area contributed by atoms with Gasteiger partial charge in [0, 0.05) is 30.2 Å². The molecule has 0 saturated carbocycles. The van der Waals surface area contributed by atoms with Crippen molar-refractivity contribution in [1.29, 1.82) is 0 Å². The summed E-state index contributed by atoms with van der Waals surface area (Å²) in [6, 6.07) is 12.6. The predicted octanol–water partition coefficient (Wildman–Crippen LogP) is 2.37. The Morgan fingerprint density at radius 1 is 1.17 bits per heavy atom. The number of nitrogen functional groups attached to an aromatic ring is 1. The summed E-state index contributed by atoms with van der Waals surface area (Å²) in [5.74, 6) is 0.555. The number of carbonyl (C=O) groups excluding carboxylic acids is 1. The number of amides is 1. The zero-order valence-electron chi connectivity index (χ0n) is 13.6. The first-order chi connectivity index (χ1) is 11.7. The number of methoxy groups -OCH3 is 1. The Bertz CT molecular complexity index is 710. The summed E-state index contributed by atoms with van der Waals surface area (Å²) in [6.45, 7) is 2.83. The van der Waals surface area contributed by atoms with Crippen LogP contribution >= 0.6 is 0 Å². The zero-order chi connectivity index (χ0) is 16.9. The number of morpholine rings is 1. The van der Waals surface area contributed by atoms with Crippen molar-refractivity contribution >= 4 is 23.0 Å². The van der Waals surface area contributed by atoms with Gasteiger partial charge in [0.05, 0.1) is 25.9 Å². The van der Waals surface area contributed by atoms with Gasteiger partial charge < -0.3 is 25.4 Å². The Morgan fingerprint density at radius 2 is 1.88 bits per heavy atom. The highest BCUT2D eigenvalue weighted by Crippen LogP contribution is 2.25. The molecule has 1 aliphatic heterocycles. The van der Waals surface area contributed by atoms with Crippen LogP contribution in [0.15, 0.2) is 42.5 Å². The number of hydrogen-bond donors (Lipinski definition) is 2. The molecular weight excluding hydrogens is 306 g/mol. The first kappa shape index (κ1) is 16.1. The molecule has 0 aliphatic carbocycles. The van der Waals surface area contributed by atoms with Crippen LogP contribution in [-0.4, -0.2) is 39.3 Å². The fourth-order valence-electron chi connectivity index (χ4n) is 2.69. The van der Waals surface area contributed by atoms with Crippen molar-refractivity contribution in [1.82, 2.24) is 0 Å². The minimum atomic E-state index is -0.186. The lowest BCUT2D eigenvalue weighted by Crippen LogP contribution is -2.37. The maximum atomic E-state index is 12.7. The van der Waals surface area contributed by atoms with E-state index in [1.165, 1.54) is 0 Å². The highest BCUT2D eigenvalue weighted by atomic mass is 16.5. The molecule has 3 rings (SSSR count). The van der Waals surface area contributed by atoms with Gasteiger partial charge in [-0.2, -0.15) is 0 Å². The van der Waals surface area contributed by atoms with Gasteiger partial charge in [0.15, 0.2) is 0 Å². The lowest BCUT2D eigenvalue weighted by molar-refractivity contribution is 0.102. The van der Waals surface area contributed by atoms with Crippen LogP contribution in [0.4, 0.5) is 17.1 Å². The first-order valence-electron chi connectivity index (χ1n) is 7.85. The second kappa shape index (κ2) is 7.23. The third-order valence-corrected chi connectivity index (χ3v) is 3.96. The molecule has 24 heavy (non-hydrogen) atoms. The summed E-state index contributed by atoms with van der Waals surface area (Å²) >= 11 is 0. The van der Waals surface area contributed by atoms with E-state index in [4.69, 9.17) is 15.2 Å². The fraction of sp³-hybridized carbons (Fsp3) is 0.278. The molecule has 3 N–H and O–H groups in total. The van der Waals surface area contributed by atoms with Gasteiger partial charge in [-0.1, -0.05) is 0 Å². The van der Waals surface area contributed by atoms with Crippen LogP contribution in [0.5, 0.6) is 5.75 Å². The molecule has 1 aliphatic rings. The van der Waals surface area contributed by atoms with E-state index in [1.54, 1.807) is 37.4 Å². The van der Waals surface area contributed by atoms with Gasteiger partial charge in [-0.25, -0.2) is 0 Å². The van der Waals surface area contributed by atoms with E-state index in [0.29, 0.717) is 30.2 Å². The summed E-state index contributed by atoms with van der Waals surface area (Å²) in [5.41, 5.74) is 8.59. The van der Waals surface area contributed by atoms with Gasteiger partial charge in [-0.3, -0.25) is 4.79 Å². The van der Waals surface area contributed by atoms with Crippen LogP contribution in [0.2, 0.25) is 0 Å². The van der Waals surface area contributed by atoms with Crippen LogP contribution < -0.4 is 20.7 Å². The molecular formula is C18H21N3O3. The molecule has 126 valence electrons. The van der Waals surface area contributed by atoms with Crippen LogP contribution in [-0.2, 0) is 4.74 Å². The topological polar surface area (TPSA) is 76.8 Å². The second-order valence-electron chi connectivity index (χ2n) is 5.56. The molecule has 6 nitrogen and oxygen atoms in total. The van der Waals surface area contributed by atoms with Crippen LogP contribution in [0.3, 0.4) is 0 Å². The van der Waals surface area contributed by atoms with Crippen molar-refractivity contribution in [2.45, 2.75) is 0 Å². The molecule has 1 heterocycles. The number of anilines is 3. The number of nitrogens with two attached hydrogens (primary N) is 1. The molecule has 1 saturated heterocycles. The van der Waals surface area contributed by atoms with Crippen molar-refractivity contribution in [3.8, 4) is 5.75 Å². The van der Waals surface area contributed by atoms with E-state index < -0.39 is 0 Å². The molecule has 6 heteroatoms. The molecule has 0 atom stereocenters. The van der Waals surface area contributed by atoms with E-state index in [-0.39, 0.29) is 5.91 Å². The number of nitrogens with one attached hydrogen (secondary N) is 1. The largest absolute Gasteiger partial charge is 0.497 e. The molecule has 0 radical (unpaired) electrons. The summed E-state index contributed by atoms with van der Waals surface area (Å²) in [4.78, 5) is 14.9. The molecule has 2 aromatic carbocycles. The Balaban J connectivity index is 1.83. The zero-order valence-corrected chi connectivity index (χ0v) is 13.6. The van der Waals surface area contributed by atoms with Gasteiger partial charge >= 0.3 is 0 Å². The van der Waals surface area contributed by atoms with Gasteiger partial charge in [0.1, 0.15) is 5.75 Å². The van der Waals surface area contributed by atoms with Crippen molar-refractivity contribution in [3.05, 3.63) is 48.0 Å². The Labute approximate surface area is 141 Å². The van der Waals surface area contributed by atoms with E-state index in [1.807, 2.05) is 12.1 Å². The number of hydrogen-bond acceptors (Lipinski definition) is 5. The minimum Gasteiger partial charge on any atom is -0.497 e. The predicted molar refractivity (Wildman–Crippen MR) is 94.8 cm³/mol. The van der Waals surface area contributed by atoms with Gasteiger partial charge in [-0.15, -0.1) is 0 Å². The van der Waals surface area contributed by atoms with Gasteiger partial charge in [-0.05, 0) is 42.5 Å². The number of ether oxygens (including phenoxy) is 2. The van der Waals surface area contributed by atoms with E-state index in [2.05, 4.69) is 10.2 Å². The smallest absolute Gasteiger partial charge is 0.257 e. The fourth-order valence-corrected chi connectivity index (χ4v) is 2.69. The molecule has 0 bridgehead atoms. The molecule has 2 aromatic rings. The highest BCUT2D eigenvalue weighted by molar-refractivity contribution is 6.08. The number of nitrogens with zero attached hydrogens (tertiary/aromatic N) is 1. The van der Waals surface area contributed by atoms with E-state index in [9.17, 15) is 4.79 Å². The summed E-state index contributed by atoms with van der Waals surface area (Å²) in [6.07, 6.45) is 0. The number of carbonyl (C=O) groups is 1.